The fourth-order valence-corrected chi connectivity index (χ4v) is 1.71. The summed E-state index contributed by atoms with van der Waals surface area (Å²) in [6.45, 7) is 0.731. The normalized spacial score (nSPS) is 10.1. The van der Waals surface area contributed by atoms with E-state index in [9.17, 15) is 4.79 Å². The molecule has 0 saturated heterocycles. The van der Waals surface area contributed by atoms with Gasteiger partial charge in [-0.15, -0.1) is 0 Å². The molecule has 0 aliphatic carbocycles. The first-order chi connectivity index (χ1) is 7.16. The lowest BCUT2D eigenvalue weighted by molar-refractivity contribution is 0.0796. The Morgan fingerprint density at radius 1 is 1.47 bits per heavy atom. The molecular weight excluding hydrogens is 277 g/mol. The Morgan fingerprint density at radius 3 is 2.73 bits per heavy atom. The monoisotopic (exact) mass is 289 g/mol. The van der Waals surface area contributed by atoms with Crippen LogP contribution in [-0.2, 0) is 0 Å². The molecule has 0 fully saturated rings. The van der Waals surface area contributed by atoms with Crippen LogP contribution in [0.2, 0.25) is 5.02 Å². The van der Waals surface area contributed by atoms with E-state index < -0.39 is 0 Å². The van der Waals surface area contributed by atoms with Gasteiger partial charge >= 0.3 is 0 Å². The van der Waals surface area contributed by atoms with Crippen molar-refractivity contribution in [1.29, 1.82) is 0 Å². The standard InChI is InChI=1S/C11H13BrClNO/c1-14(8-4-7-12)11(15)9-5-2-3-6-10(9)13/h2-3,5-6H,4,7-8H2,1H3. The highest BCUT2D eigenvalue weighted by Gasteiger charge is 2.13. The minimum absolute atomic E-state index is 0.0263. The summed E-state index contributed by atoms with van der Waals surface area (Å²) in [6.07, 6.45) is 0.937. The number of carbonyl (C=O) groups excluding carboxylic acids is 1. The summed E-state index contributed by atoms with van der Waals surface area (Å²) >= 11 is 9.27. The second-order valence-electron chi connectivity index (χ2n) is 3.25. The van der Waals surface area contributed by atoms with Gasteiger partial charge in [0.2, 0.25) is 0 Å². The fourth-order valence-electron chi connectivity index (χ4n) is 1.24. The van der Waals surface area contributed by atoms with Gasteiger partial charge in [0.1, 0.15) is 0 Å². The van der Waals surface area contributed by atoms with Crippen molar-refractivity contribution in [3.05, 3.63) is 34.9 Å². The van der Waals surface area contributed by atoms with E-state index in [0.717, 1.165) is 18.3 Å². The van der Waals surface area contributed by atoms with E-state index in [0.29, 0.717) is 10.6 Å². The Labute approximate surface area is 103 Å². The third kappa shape index (κ3) is 3.50. The number of hydrogen-bond donors (Lipinski definition) is 0. The van der Waals surface area contributed by atoms with Crippen molar-refractivity contribution in [2.75, 3.05) is 18.9 Å². The molecule has 0 unspecified atom stereocenters. The minimum Gasteiger partial charge on any atom is -0.342 e. The molecule has 0 atom stereocenters. The van der Waals surface area contributed by atoms with Gasteiger partial charge in [-0.3, -0.25) is 4.79 Å². The van der Waals surface area contributed by atoms with Crippen molar-refractivity contribution < 1.29 is 4.79 Å². The number of nitrogens with zero attached hydrogens (tertiary/aromatic N) is 1. The average molecular weight is 291 g/mol. The molecule has 0 aliphatic heterocycles. The number of alkyl halides is 1. The Bertz CT molecular complexity index is 343. The fraction of sp³-hybridized carbons (Fsp3) is 0.364. The molecule has 1 aromatic rings. The van der Waals surface area contributed by atoms with E-state index >= 15 is 0 Å². The van der Waals surface area contributed by atoms with E-state index in [4.69, 9.17) is 11.6 Å². The van der Waals surface area contributed by atoms with Gasteiger partial charge in [0.15, 0.2) is 0 Å². The van der Waals surface area contributed by atoms with Crippen molar-refractivity contribution in [2.24, 2.45) is 0 Å². The van der Waals surface area contributed by atoms with Crippen LogP contribution in [-0.4, -0.2) is 29.7 Å². The Morgan fingerprint density at radius 2 is 2.13 bits per heavy atom. The number of carbonyl (C=O) groups is 1. The van der Waals surface area contributed by atoms with Gasteiger partial charge in [0, 0.05) is 18.9 Å². The minimum atomic E-state index is -0.0263. The van der Waals surface area contributed by atoms with Crippen molar-refractivity contribution in [1.82, 2.24) is 4.90 Å². The maximum absolute atomic E-state index is 11.9. The second-order valence-corrected chi connectivity index (χ2v) is 4.45. The van der Waals surface area contributed by atoms with Crippen LogP contribution in [0.1, 0.15) is 16.8 Å². The van der Waals surface area contributed by atoms with Crippen LogP contribution in [0.5, 0.6) is 0 Å². The lowest BCUT2D eigenvalue weighted by Gasteiger charge is -2.17. The zero-order valence-corrected chi connectivity index (χ0v) is 10.9. The van der Waals surface area contributed by atoms with Gasteiger partial charge in [0.05, 0.1) is 10.6 Å². The van der Waals surface area contributed by atoms with E-state index in [2.05, 4.69) is 15.9 Å². The Kier molecular flexibility index (Phi) is 5.12. The van der Waals surface area contributed by atoms with Crippen LogP contribution < -0.4 is 0 Å². The molecule has 0 aromatic heterocycles. The van der Waals surface area contributed by atoms with Crippen LogP contribution in [0, 0.1) is 0 Å². The van der Waals surface area contributed by atoms with Crippen molar-refractivity contribution >= 4 is 33.4 Å². The van der Waals surface area contributed by atoms with Crippen LogP contribution >= 0.6 is 27.5 Å². The molecule has 0 N–H and O–H groups in total. The first-order valence-electron chi connectivity index (χ1n) is 4.72. The van der Waals surface area contributed by atoms with Gasteiger partial charge < -0.3 is 4.90 Å². The maximum atomic E-state index is 11.9. The van der Waals surface area contributed by atoms with Gasteiger partial charge in [-0.1, -0.05) is 39.7 Å². The molecule has 82 valence electrons. The second kappa shape index (κ2) is 6.13. The van der Waals surface area contributed by atoms with E-state index in [1.54, 1.807) is 24.1 Å². The molecule has 0 bridgehead atoms. The first kappa shape index (κ1) is 12.5. The molecule has 0 spiro atoms. The first-order valence-corrected chi connectivity index (χ1v) is 6.22. The molecule has 4 heteroatoms. The number of hydrogen-bond acceptors (Lipinski definition) is 1. The summed E-state index contributed by atoms with van der Waals surface area (Å²) in [5.41, 5.74) is 0.566. The Hall–Kier alpha value is -0.540. The summed E-state index contributed by atoms with van der Waals surface area (Å²) in [5.74, 6) is -0.0263. The number of halogens is 2. The average Bonchev–Trinajstić information content (AvgIpc) is 2.25. The summed E-state index contributed by atoms with van der Waals surface area (Å²) < 4.78 is 0. The van der Waals surface area contributed by atoms with E-state index in [1.807, 2.05) is 12.1 Å². The predicted octanol–water partition coefficient (Wildman–Crippen LogP) is 3.20. The topological polar surface area (TPSA) is 20.3 Å². The van der Waals surface area contributed by atoms with Crippen molar-refractivity contribution in [2.45, 2.75) is 6.42 Å². The van der Waals surface area contributed by atoms with Gasteiger partial charge in [0.25, 0.3) is 5.91 Å². The van der Waals surface area contributed by atoms with Gasteiger partial charge in [-0.05, 0) is 18.6 Å². The predicted molar refractivity (Wildman–Crippen MR) is 66.8 cm³/mol. The molecule has 2 nitrogen and oxygen atoms in total. The zero-order chi connectivity index (χ0) is 11.3. The molecule has 0 saturated carbocycles. The molecule has 1 aromatic carbocycles. The number of benzene rings is 1. The quantitative estimate of drug-likeness (QED) is 0.780. The van der Waals surface area contributed by atoms with Crippen LogP contribution in [0.3, 0.4) is 0 Å². The lowest BCUT2D eigenvalue weighted by atomic mass is 10.2. The molecular formula is C11H13BrClNO. The molecule has 1 rings (SSSR count). The summed E-state index contributed by atoms with van der Waals surface area (Å²) in [7, 11) is 1.79. The van der Waals surface area contributed by atoms with Crippen LogP contribution in [0.25, 0.3) is 0 Å². The summed E-state index contributed by atoms with van der Waals surface area (Å²) in [5, 5.41) is 1.40. The summed E-state index contributed by atoms with van der Waals surface area (Å²) in [6, 6.07) is 7.11. The highest BCUT2D eigenvalue weighted by atomic mass is 79.9. The van der Waals surface area contributed by atoms with Gasteiger partial charge in [-0.2, -0.15) is 0 Å². The third-order valence-corrected chi connectivity index (χ3v) is 2.97. The number of rotatable bonds is 4. The SMILES string of the molecule is CN(CCCBr)C(=O)c1ccccc1Cl. The highest BCUT2D eigenvalue weighted by molar-refractivity contribution is 9.09. The molecule has 0 radical (unpaired) electrons. The zero-order valence-electron chi connectivity index (χ0n) is 8.54. The summed E-state index contributed by atoms with van der Waals surface area (Å²) in [4.78, 5) is 13.6. The Balaban J connectivity index is 2.72. The molecule has 1 amide bonds. The lowest BCUT2D eigenvalue weighted by Crippen LogP contribution is -2.28. The molecule has 0 aliphatic rings. The van der Waals surface area contributed by atoms with Gasteiger partial charge in [-0.25, -0.2) is 0 Å². The van der Waals surface area contributed by atoms with Crippen molar-refractivity contribution in [3.8, 4) is 0 Å². The maximum Gasteiger partial charge on any atom is 0.255 e. The smallest absolute Gasteiger partial charge is 0.255 e. The van der Waals surface area contributed by atoms with E-state index in [1.165, 1.54) is 0 Å². The largest absolute Gasteiger partial charge is 0.342 e. The van der Waals surface area contributed by atoms with Crippen molar-refractivity contribution in [3.63, 3.8) is 0 Å². The van der Waals surface area contributed by atoms with Crippen LogP contribution in [0.15, 0.2) is 24.3 Å². The highest BCUT2D eigenvalue weighted by Crippen LogP contribution is 2.16. The third-order valence-electron chi connectivity index (χ3n) is 2.08. The van der Waals surface area contributed by atoms with Crippen LogP contribution in [0.4, 0.5) is 0 Å². The molecule has 15 heavy (non-hydrogen) atoms. The van der Waals surface area contributed by atoms with E-state index in [-0.39, 0.29) is 5.91 Å². The number of amides is 1. The molecule has 0 heterocycles.